The van der Waals surface area contributed by atoms with E-state index in [-0.39, 0.29) is 5.75 Å². The van der Waals surface area contributed by atoms with Gasteiger partial charge in [-0.3, -0.25) is 4.98 Å². The monoisotopic (exact) mass is 318 g/mol. The number of rotatable bonds is 4. The van der Waals surface area contributed by atoms with Crippen LogP contribution in [0.2, 0.25) is 0 Å². The van der Waals surface area contributed by atoms with Gasteiger partial charge < -0.3 is 14.2 Å². The Morgan fingerprint density at radius 3 is 2.79 bits per heavy atom. The highest BCUT2D eigenvalue weighted by Gasteiger charge is 2.12. The van der Waals surface area contributed by atoms with E-state index < -0.39 is 0 Å². The fourth-order valence-electron chi connectivity index (χ4n) is 2.51. The van der Waals surface area contributed by atoms with E-state index in [2.05, 4.69) is 15.1 Å². The lowest BCUT2D eigenvalue weighted by atomic mass is 10.1. The number of hydrogen-bond donors (Lipinski definition) is 1. The van der Waals surface area contributed by atoms with Crippen LogP contribution in [0.1, 0.15) is 5.56 Å². The third-order valence-corrected chi connectivity index (χ3v) is 3.69. The number of phenolic OH excluding ortho intramolecular Hbond substituents is 1. The van der Waals surface area contributed by atoms with Crippen LogP contribution in [0.25, 0.3) is 22.7 Å². The van der Waals surface area contributed by atoms with Gasteiger partial charge in [-0.15, -0.1) is 0 Å². The molecule has 0 saturated heterocycles. The van der Waals surface area contributed by atoms with Crippen molar-refractivity contribution in [1.29, 1.82) is 0 Å². The van der Waals surface area contributed by atoms with Crippen molar-refractivity contribution in [2.24, 2.45) is 0 Å². The molecule has 1 aromatic carbocycles. The highest BCUT2D eigenvalue weighted by Crippen LogP contribution is 2.30. The quantitative estimate of drug-likeness (QED) is 0.624. The second kappa shape index (κ2) is 6.00. The molecule has 118 valence electrons. The maximum absolute atomic E-state index is 9.93. The molecule has 4 aromatic rings. The van der Waals surface area contributed by atoms with E-state index in [0.29, 0.717) is 29.3 Å². The van der Waals surface area contributed by atoms with Crippen LogP contribution in [0.5, 0.6) is 5.75 Å². The summed E-state index contributed by atoms with van der Waals surface area (Å²) in [5, 5.41) is 14.0. The fraction of sp³-hybridized carbons (Fsp3) is 0.0556. The van der Waals surface area contributed by atoms with E-state index in [1.807, 2.05) is 29.0 Å². The minimum atomic E-state index is 0.166. The molecular weight excluding hydrogens is 304 g/mol. The third-order valence-electron chi connectivity index (χ3n) is 3.69. The fourth-order valence-corrected chi connectivity index (χ4v) is 2.51. The van der Waals surface area contributed by atoms with Crippen LogP contribution in [-0.2, 0) is 6.54 Å². The van der Waals surface area contributed by atoms with Crippen molar-refractivity contribution in [3.05, 3.63) is 72.9 Å². The first-order valence-corrected chi connectivity index (χ1v) is 7.46. The predicted octanol–water partition coefficient (Wildman–Crippen LogP) is 3.35. The Balaban J connectivity index is 1.64. The molecule has 0 unspecified atom stereocenters. The van der Waals surface area contributed by atoms with Crippen molar-refractivity contribution >= 4 is 0 Å². The average molecular weight is 318 g/mol. The Morgan fingerprint density at radius 2 is 1.96 bits per heavy atom. The molecule has 3 heterocycles. The van der Waals surface area contributed by atoms with Crippen molar-refractivity contribution in [2.75, 3.05) is 0 Å². The summed E-state index contributed by atoms with van der Waals surface area (Å²) >= 11 is 0. The van der Waals surface area contributed by atoms with E-state index in [1.54, 1.807) is 43.0 Å². The summed E-state index contributed by atoms with van der Waals surface area (Å²) in [5.41, 5.74) is 2.98. The van der Waals surface area contributed by atoms with Crippen molar-refractivity contribution in [2.45, 2.75) is 6.54 Å². The van der Waals surface area contributed by atoms with Crippen molar-refractivity contribution in [3.63, 3.8) is 0 Å². The van der Waals surface area contributed by atoms with E-state index >= 15 is 0 Å². The lowest BCUT2D eigenvalue weighted by Crippen LogP contribution is -1.97. The molecule has 0 saturated carbocycles. The average Bonchev–Trinajstić information content (AvgIpc) is 3.27. The minimum absolute atomic E-state index is 0.166. The summed E-state index contributed by atoms with van der Waals surface area (Å²) in [6.45, 7) is 0.704. The van der Waals surface area contributed by atoms with Crippen LogP contribution >= 0.6 is 0 Å². The molecule has 0 aliphatic heterocycles. The van der Waals surface area contributed by atoms with Gasteiger partial charge in [-0.05, 0) is 29.8 Å². The highest BCUT2D eigenvalue weighted by molar-refractivity contribution is 5.69. The van der Waals surface area contributed by atoms with Crippen molar-refractivity contribution in [3.8, 4) is 28.5 Å². The zero-order valence-corrected chi connectivity index (χ0v) is 12.7. The third kappa shape index (κ3) is 2.77. The normalized spacial score (nSPS) is 10.8. The van der Waals surface area contributed by atoms with Gasteiger partial charge in [0.25, 0.3) is 0 Å². The second-order valence-corrected chi connectivity index (χ2v) is 5.38. The highest BCUT2D eigenvalue weighted by atomic mass is 16.5. The molecule has 0 aliphatic carbocycles. The molecule has 0 amide bonds. The van der Waals surface area contributed by atoms with Crippen LogP contribution in [-0.4, -0.2) is 24.8 Å². The molecule has 0 radical (unpaired) electrons. The van der Waals surface area contributed by atoms with Gasteiger partial charge in [0.15, 0.2) is 5.76 Å². The van der Waals surface area contributed by atoms with Gasteiger partial charge >= 0.3 is 0 Å². The molecular formula is C18H14N4O2. The van der Waals surface area contributed by atoms with Crippen LogP contribution in [0.3, 0.4) is 0 Å². The zero-order valence-electron chi connectivity index (χ0n) is 12.7. The molecule has 0 bridgehead atoms. The Bertz CT molecular complexity index is 961. The number of imidazole rings is 1. The topological polar surface area (TPSA) is 77.0 Å². The van der Waals surface area contributed by atoms with Gasteiger partial charge in [0.1, 0.15) is 17.1 Å². The lowest BCUT2D eigenvalue weighted by molar-refractivity contribution is 0.432. The van der Waals surface area contributed by atoms with Crippen molar-refractivity contribution < 1.29 is 9.63 Å². The van der Waals surface area contributed by atoms with E-state index in [9.17, 15) is 5.11 Å². The van der Waals surface area contributed by atoms with E-state index in [0.717, 1.165) is 5.56 Å². The maximum Gasteiger partial charge on any atom is 0.185 e. The number of aromatic hydroxyl groups is 1. The number of aromatic nitrogens is 4. The number of benzene rings is 1. The molecule has 6 heteroatoms. The standard InChI is InChI=1S/C18H14N4O2/c23-17-4-2-1-3-14(17)15-10-18(24-21-15)16-9-13(5-6-20-16)11-22-8-7-19-12-22/h1-10,12,23H,11H2. The van der Waals surface area contributed by atoms with Gasteiger partial charge in [-0.25, -0.2) is 4.98 Å². The molecule has 0 fully saturated rings. The summed E-state index contributed by atoms with van der Waals surface area (Å²) < 4.78 is 7.39. The van der Waals surface area contributed by atoms with E-state index in [1.165, 1.54) is 0 Å². The van der Waals surface area contributed by atoms with Crippen molar-refractivity contribution in [1.82, 2.24) is 19.7 Å². The first kappa shape index (κ1) is 14.2. The molecule has 0 spiro atoms. The SMILES string of the molecule is Oc1ccccc1-c1cc(-c2cc(Cn3ccnc3)ccn2)on1. The summed E-state index contributed by atoms with van der Waals surface area (Å²) in [5.74, 6) is 0.722. The number of para-hydroxylation sites is 1. The van der Waals surface area contributed by atoms with Gasteiger partial charge in [0.05, 0.1) is 6.33 Å². The van der Waals surface area contributed by atoms with Crippen LogP contribution in [0, 0.1) is 0 Å². The zero-order chi connectivity index (χ0) is 16.4. The molecule has 0 aliphatic rings. The summed E-state index contributed by atoms with van der Waals surface area (Å²) in [6.07, 6.45) is 7.16. The summed E-state index contributed by atoms with van der Waals surface area (Å²) in [7, 11) is 0. The van der Waals surface area contributed by atoms with Crippen LogP contribution < -0.4 is 0 Å². The first-order valence-electron chi connectivity index (χ1n) is 7.46. The molecule has 24 heavy (non-hydrogen) atoms. The molecule has 0 atom stereocenters. The first-order chi connectivity index (χ1) is 11.8. The maximum atomic E-state index is 9.93. The molecule has 4 rings (SSSR count). The number of hydrogen-bond acceptors (Lipinski definition) is 5. The minimum Gasteiger partial charge on any atom is -0.507 e. The summed E-state index contributed by atoms with van der Waals surface area (Å²) in [6, 6.07) is 12.7. The van der Waals surface area contributed by atoms with Crippen LogP contribution in [0.4, 0.5) is 0 Å². The lowest BCUT2D eigenvalue weighted by Gasteiger charge is -2.03. The second-order valence-electron chi connectivity index (χ2n) is 5.38. The van der Waals surface area contributed by atoms with Gasteiger partial charge in [0.2, 0.25) is 0 Å². The Kier molecular flexibility index (Phi) is 3.55. The number of nitrogens with zero attached hydrogens (tertiary/aromatic N) is 4. The predicted molar refractivity (Wildman–Crippen MR) is 88.2 cm³/mol. The molecule has 1 N–H and O–H groups in total. The largest absolute Gasteiger partial charge is 0.507 e. The summed E-state index contributed by atoms with van der Waals surface area (Å²) in [4.78, 5) is 8.39. The Morgan fingerprint density at radius 1 is 1.04 bits per heavy atom. The van der Waals surface area contributed by atoms with E-state index in [4.69, 9.17) is 4.52 Å². The van der Waals surface area contributed by atoms with Gasteiger partial charge in [-0.1, -0.05) is 17.3 Å². The van der Waals surface area contributed by atoms with Crippen LogP contribution in [0.15, 0.2) is 71.9 Å². The molecule has 6 nitrogen and oxygen atoms in total. The molecule has 3 aromatic heterocycles. The number of pyridine rings is 1. The van der Waals surface area contributed by atoms with Gasteiger partial charge in [0, 0.05) is 36.8 Å². The smallest absolute Gasteiger partial charge is 0.185 e. The Labute approximate surface area is 138 Å². The van der Waals surface area contributed by atoms with Gasteiger partial charge in [-0.2, -0.15) is 0 Å². The Hall–Kier alpha value is -3.41. The number of phenols is 1.